The number of aryl methyl sites for hydroxylation is 2. The molecule has 1 saturated heterocycles. The number of ether oxygens (including phenoxy) is 4. The van der Waals surface area contributed by atoms with Gasteiger partial charge in [-0.1, -0.05) is 60.7 Å². The minimum atomic E-state index is -0.282. The molecule has 0 radical (unpaired) electrons. The molecule has 0 saturated carbocycles. The van der Waals surface area contributed by atoms with Gasteiger partial charge >= 0.3 is 5.97 Å². The summed E-state index contributed by atoms with van der Waals surface area (Å²) in [7, 11) is 1.43. The lowest BCUT2D eigenvalue weighted by Crippen LogP contribution is -2.45. The smallest absolute Gasteiger partial charge is 0.310 e. The molecule has 1 aliphatic heterocycles. The van der Waals surface area contributed by atoms with Crippen molar-refractivity contribution in [2.24, 2.45) is 0 Å². The molecular formula is C41H47N3O6. The maximum Gasteiger partial charge on any atom is 0.310 e. The summed E-state index contributed by atoms with van der Waals surface area (Å²) < 4.78 is 25.1. The van der Waals surface area contributed by atoms with Crippen LogP contribution in [0, 0.1) is 13.8 Å². The van der Waals surface area contributed by atoms with Crippen LogP contribution in [0.25, 0.3) is 28.0 Å². The van der Waals surface area contributed by atoms with Gasteiger partial charge in [0.05, 0.1) is 57.9 Å². The molecule has 1 aliphatic rings. The second kappa shape index (κ2) is 15.9. The van der Waals surface area contributed by atoms with Crippen molar-refractivity contribution in [2.45, 2.75) is 52.2 Å². The van der Waals surface area contributed by atoms with Crippen LogP contribution in [-0.2, 0) is 36.8 Å². The normalized spacial score (nSPS) is 14.3. The van der Waals surface area contributed by atoms with Gasteiger partial charge in [0, 0.05) is 36.0 Å². The zero-order valence-corrected chi connectivity index (χ0v) is 29.5. The Morgan fingerprint density at radius 3 is 2.38 bits per heavy atom. The number of piperidine rings is 1. The van der Waals surface area contributed by atoms with Crippen LogP contribution < -0.4 is 4.90 Å². The van der Waals surface area contributed by atoms with E-state index in [1.165, 1.54) is 7.11 Å². The zero-order chi connectivity index (χ0) is 35.1. The van der Waals surface area contributed by atoms with Crippen LogP contribution in [0.4, 0.5) is 5.82 Å². The SMILES string of the molecule is COC(=O)Cc1c(C)cc2nc(-c3cccc(-c4ccc(C)cc4O)c3)cn2c1N1CCC(C)(OCCOCCOCc2ccccc2)CC1. The number of aromatic hydroxyl groups is 1. The Labute approximate surface area is 294 Å². The molecule has 1 fully saturated rings. The third kappa shape index (κ3) is 8.35. The Morgan fingerprint density at radius 2 is 1.62 bits per heavy atom. The van der Waals surface area contributed by atoms with E-state index in [0.717, 1.165) is 82.0 Å². The van der Waals surface area contributed by atoms with Crippen LogP contribution in [-0.4, -0.2) is 72.7 Å². The number of benzene rings is 3. The van der Waals surface area contributed by atoms with Gasteiger partial charge in [-0.15, -0.1) is 0 Å². The highest BCUT2D eigenvalue weighted by Crippen LogP contribution is 2.36. The molecule has 0 atom stereocenters. The second-order valence-electron chi connectivity index (χ2n) is 13.3. The number of aromatic nitrogens is 2. The highest BCUT2D eigenvalue weighted by atomic mass is 16.6. The highest BCUT2D eigenvalue weighted by Gasteiger charge is 2.33. The predicted molar refractivity (Wildman–Crippen MR) is 196 cm³/mol. The van der Waals surface area contributed by atoms with Gasteiger partial charge in [-0.25, -0.2) is 4.98 Å². The lowest BCUT2D eigenvalue weighted by Gasteiger charge is -2.41. The van der Waals surface area contributed by atoms with Crippen LogP contribution in [0.15, 0.2) is 85.1 Å². The summed E-state index contributed by atoms with van der Waals surface area (Å²) in [6.45, 7) is 10.3. The summed E-state index contributed by atoms with van der Waals surface area (Å²) in [5.41, 5.74) is 8.03. The van der Waals surface area contributed by atoms with Crippen molar-refractivity contribution in [3.05, 3.63) is 107 Å². The molecule has 0 unspecified atom stereocenters. The number of esters is 1. The molecule has 9 heteroatoms. The lowest BCUT2D eigenvalue weighted by atomic mass is 9.92. The molecule has 3 heterocycles. The molecule has 5 aromatic rings. The van der Waals surface area contributed by atoms with E-state index in [-0.39, 0.29) is 23.7 Å². The van der Waals surface area contributed by atoms with E-state index >= 15 is 0 Å². The van der Waals surface area contributed by atoms with Gasteiger partial charge < -0.3 is 29.0 Å². The van der Waals surface area contributed by atoms with E-state index in [1.807, 2.05) is 74.6 Å². The van der Waals surface area contributed by atoms with Crippen molar-refractivity contribution in [1.29, 1.82) is 0 Å². The highest BCUT2D eigenvalue weighted by molar-refractivity contribution is 5.79. The number of nitrogens with zero attached hydrogens (tertiary/aromatic N) is 3. The van der Waals surface area contributed by atoms with E-state index in [4.69, 9.17) is 23.9 Å². The van der Waals surface area contributed by atoms with Crippen molar-refractivity contribution in [2.75, 3.05) is 51.5 Å². The van der Waals surface area contributed by atoms with Gasteiger partial charge in [0.2, 0.25) is 0 Å². The van der Waals surface area contributed by atoms with Gasteiger partial charge in [0.1, 0.15) is 17.2 Å². The fourth-order valence-electron chi connectivity index (χ4n) is 6.58. The minimum Gasteiger partial charge on any atom is -0.507 e. The first-order valence-corrected chi connectivity index (χ1v) is 17.3. The van der Waals surface area contributed by atoms with Gasteiger partial charge in [0.25, 0.3) is 0 Å². The van der Waals surface area contributed by atoms with Crippen molar-refractivity contribution >= 4 is 17.4 Å². The first-order chi connectivity index (χ1) is 24.2. The number of imidazole rings is 1. The van der Waals surface area contributed by atoms with Gasteiger partial charge in [-0.05, 0) is 74.1 Å². The number of phenols is 1. The monoisotopic (exact) mass is 677 g/mol. The number of methoxy groups -OCH3 is 1. The Hall–Kier alpha value is -4.70. The van der Waals surface area contributed by atoms with Crippen LogP contribution in [0.3, 0.4) is 0 Å². The van der Waals surface area contributed by atoms with Gasteiger partial charge in [0.15, 0.2) is 0 Å². The molecule has 3 aromatic carbocycles. The predicted octanol–water partition coefficient (Wildman–Crippen LogP) is 7.32. The molecule has 1 N–H and O–H groups in total. The first kappa shape index (κ1) is 35.1. The van der Waals surface area contributed by atoms with E-state index in [0.29, 0.717) is 33.0 Å². The number of rotatable bonds is 14. The third-order valence-electron chi connectivity index (χ3n) is 9.51. The van der Waals surface area contributed by atoms with Gasteiger partial charge in [-0.3, -0.25) is 9.20 Å². The standard InChI is InChI=1S/C41H47N3O6/c1-29-13-14-34(37(45)23-29)32-11-8-12-33(25-32)36-27-44-38(42-36)24-30(2)35(26-39(46)47-4)40(44)43-17-15-41(3,16-18-43)50-22-21-48-19-20-49-28-31-9-6-5-7-10-31/h5-14,23-25,27,45H,15-22,26,28H2,1-4H3. The summed E-state index contributed by atoms with van der Waals surface area (Å²) in [5.74, 6) is 0.924. The van der Waals surface area contributed by atoms with Crippen molar-refractivity contribution < 1.29 is 28.8 Å². The number of pyridine rings is 1. The Morgan fingerprint density at radius 1 is 0.880 bits per heavy atom. The second-order valence-corrected chi connectivity index (χ2v) is 13.3. The number of hydrogen-bond acceptors (Lipinski definition) is 8. The summed E-state index contributed by atoms with van der Waals surface area (Å²) >= 11 is 0. The van der Waals surface area contributed by atoms with Crippen molar-refractivity contribution in [3.63, 3.8) is 0 Å². The third-order valence-corrected chi connectivity index (χ3v) is 9.51. The lowest BCUT2D eigenvalue weighted by molar-refractivity contribution is -0.139. The van der Waals surface area contributed by atoms with E-state index in [2.05, 4.69) is 34.4 Å². The summed E-state index contributed by atoms with van der Waals surface area (Å²) in [6.07, 6.45) is 3.86. The number of hydrogen-bond donors (Lipinski definition) is 1. The fraction of sp³-hybridized carbons (Fsp3) is 0.366. The van der Waals surface area contributed by atoms with Crippen molar-refractivity contribution in [1.82, 2.24) is 9.38 Å². The van der Waals surface area contributed by atoms with Gasteiger partial charge in [-0.2, -0.15) is 0 Å². The Balaban J connectivity index is 1.14. The molecule has 0 bridgehead atoms. The molecule has 6 rings (SSSR count). The molecule has 50 heavy (non-hydrogen) atoms. The average molecular weight is 678 g/mol. The number of anilines is 1. The Bertz CT molecular complexity index is 1910. The van der Waals surface area contributed by atoms with Crippen LogP contribution in [0.1, 0.15) is 42.0 Å². The molecule has 0 amide bonds. The molecule has 2 aromatic heterocycles. The number of carbonyl (C=O) groups excluding carboxylic acids is 1. The molecule has 0 spiro atoms. The van der Waals surface area contributed by atoms with E-state index in [9.17, 15) is 9.90 Å². The topological polar surface area (TPSA) is 94.8 Å². The molecule has 9 nitrogen and oxygen atoms in total. The number of fused-ring (bicyclic) bond motifs is 1. The quantitative estimate of drug-likeness (QED) is 0.0966. The summed E-state index contributed by atoms with van der Waals surface area (Å²) in [4.78, 5) is 20.0. The largest absolute Gasteiger partial charge is 0.507 e. The van der Waals surface area contributed by atoms with E-state index in [1.54, 1.807) is 6.07 Å². The first-order valence-electron chi connectivity index (χ1n) is 17.3. The molecule has 0 aliphatic carbocycles. The van der Waals surface area contributed by atoms with Crippen LogP contribution in [0.5, 0.6) is 5.75 Å². The minimum absolute atomic E-state index is 0.167. The number of phenolic OH excluding ortho intramolecular Hbond substituents is 1. The van der Waals surface area contributed by atoms with Crippen LogP contribution in [0.2, 0.25) is 0 Å². The molecular weight excluding hydrogens is 630 g/mol. The molecule has 262 valence electrons. The van der Waals surface area contributed by atoms with Crippen molar-refractivity contribution in [3.8, 4) is 28.1 Å². The van der Waals surface area contributed by atoms with E-state index < -0.39 is 0 Å². The maximum atomic E-state index is 12.6. The maximum absolute atomic E-state index is 12.6. The van der Waals surface area contributed by atoms with Crippen LogP contribution >= 0.6 is 0 Å². The number of carbonyl (C=O) groups is 1. The summed E-state index contributed by atoms with van der Waals surface area (Å²) in [6, 6.07) is 25.9. The fourth-order valence-corrected chi connectivity index (χ4v) is 6.58. The summed E-state index contributed by atoms with van der Waals surface area (Å²) in [5, 5.41) is 10.6. The Kier molecular flexibility index (Phi) is 11.2. The zero-order valence-electron chi connectivity index (χ0n) is 29.5. The average Bonchev–Trinajstić information content (AvgIpc) is 3.54.